The lowest BCUT2D eigenvalue weighted by atomic mass is 9.80. The van der Waals surface area contributed by atoms with Gasteiger partial charge in [0.05, 0.1) is 12.7 Å². The van der Waals surface area contributed by atoms with E-state index in [-0.39, 0.29) is 34.5 Å². The summed E-state index contributed by atoms with van der Waals surface area (Å²) >= 11 is 0. The van der Waals surface area contributed by atoms with Gasteiger partial charge in [-0.15, -0.1) is 0 Å². The minimum absolute atomic E-state index is 0.0844. The summed E-state index contributed by atoms with van der Waals surface area (Å²) in [4.78, 5) is 36.4. The summed E-state index contributed by atoms with van der Waals surface area (Å²) in [7, 11) is 1.19. The minimum atomic E-state index is -1.61. The molecule has 108 valence electrons. The minimum Gasteiger partial charge on any atom is -0.467 e. The van der Waals surface area contributed by atoms with Crippen LogP contribution in [-0.2, 0) is 14.3 Å². The van der Waals surface area contributed by atoms with Gasteiger partial charge in [-0.05, 0) is 0 Å². The average Bonchev–Trinajstić information content (AvgIpc) is 2.51. The number of aliphatic hydroxyl groups excluding tert-OH is 1. The lowest BCUT2D eigenvalue weighted by Gasteiger charge is -2.31. The number of benzene rings is 1. The Morgan fingerprint density at radius 1 is 1.24 bits per heavy atom. The molecule has 0 radical (unpaired) electrons. The molecule has 1 N–H and O–H groups in total. The molecule has 6 nitrogen and oxygen atoms in total. The van der Waals surface area contributed by atoms with Gasteiger partial charge in [0.1, 0.15) is 0 Å². The molecule has 2 atom stereocenters. The monoisotopic (exact) mass is 288 g/mol. The van der Waals surface area contributed by atoms with E-state index >= 15 is 0 Å². The van der Waals surface area contributed by atoms with Gasteiger partial charge in [0.15, 0.2) is 24.0 Å². The molecular formula is C15H12O6. The highest BCUT2D eigenvalue weighted by molar-refractivity contribution is 6.27. The maximum absolute atomic E-state index is 12.5. The number of fused-ring (bicyclic) bond motifs is 1. The van der Waals surface area contributed by atoms with Crippen molar-refractivity contribution in [1.82, 2.24) is 0 Å². The second-order valence-corrected chi connectivity index (χ2v) is 4.80. The van der Waals surface area contributed by atoms with Crippen molar-refractivity contribution in [2.75, 3.05) is 7.11 Å². The molecule has 1 aliphatic carbocycles. The van der Waals surface area contributed by atoms with Gasteiger partial charge in [0, 0.05) is 23.1 Å². The van der Waals surface area contributed by atoms with Crippen LogP contribution in [0, 0.1) is 0 Å². The lowest BCUT2D eigenvalue weighted by Crippen LogP contribution is -2.41. The van der Waals surface area contributed by atoms with Crippen molar-refractivity contribution >= 4 is 17.5 Å². The molecule has 3 rings (SSSR count). The molecule has 1 aliphatic heterocycles. The van der Waals surface area contributed by atoms with Crippen LogP contribution in [0.2, 0.25) is 0 Å². The Hall–Kier alpha value is -2.31. The zero-order valence-electron chi connectivity index (χ0n) is 11.2. The Morgan fingerprint density at radius 3 is 2.48 bits per heavy atom. The molecule has 21 heavy (non-hydrogen) atoms. The van der Waals surface area contributed by atoms with Gasteiger partial charge in [0.2, 0.25) is 0 Å². The lowest BCUT2D eigenvalue weighted by molar-refractivity contribution is -0.173. The molecule has 6 heteroatoms. The van der Waals surface area contributed by atoms with Gasteiger partial charge >= 0.3 is 5.97 Å². The van der Waals surface area contributed by atoms with Crippen LogP contribution in [0.25, 0.3) is 0 Å². The number of ketones is 2. The summed E-state index contributed by atoms with van der Waals surface area (Å²) in [5.74, 6) is -1.51. The van der Waals surface area contributed by atoms with Crippen molar-refractivity contribution < 1.29 is 29.0 Å². The maximum Gasteiger partial charge on any atom is 0.335 e. The molecule has 0 bridgehead atoms. The van der Waals surface area contributed by atoms with E-state index in [0.29, 0.717) is 0 Å². The fraction of sp³-hybridized carbons (Fsp3) is 0.267. The van der Waals surface area contributed by atoms with Gasteiger partial charge in [-0.2, -0.15) is 0 Å². The summed E-state index contributed by atoms with van der Waals surface area (Å²) < 4.78 is 9.65. The first-order valence-corrected chi connectivity index (χ1v) is 6.37. The Morgan fingerprint density at radius 2 is 1.86 bits per heavy atom. The number of carbonyl (C=O) groups is 3. The molecule has 0 saturated carbocycles. The summed E-state index contributed by atoms with van der Waals surface area (Å²) in [6.07, 6.45) is -2.79. The van der Waals surface area contributed by atoms with Gasteiger partial charge < -0.3 is 14.6 Å². The second-order valence-electron chi connectivity index (χ2n) is 4.80. The third-order valence-electron chi connectivity index (χ3n) is 3.65. The van der Waals surface area contributed by atoms with Crippen LogP contribution in [0.5, 0.6) is 0 Å². The SMILES string of the molecule is COC(=O)[C@@H]1CC2=C(C(=O)c3ccccc3C2=O)[C@@H](O)O1. The van der Waals surface area contributed by atoms with E-state index in [1.165, 1.54) is 13.2 Å². The predicted octanol–water partition coefficient (Wildman–Crippen LogP) is 0.642. The van der Waals surface area contributed by atoms with Crippen molar-refractivity contribution in [1.29, 1.82) is 0 Å². The largest absolute Gasteiger partial charge is 0.467 e. The molecule has 0 fully saturated rings. The van der Waals surface area contributed by atoms with Crippen LogP contribution in [-0.4, -0.2) is 42.1 Å². The number of Topliss-reactive ketones (excluding diaryl/α,β-unsaturated/α-hetero) is 2. The van der Waals surface area contributed by atoms with Crippen molar-refractivity contribution in [3.05, 3.63) is 46.5 Å². The highest BCUT2D eigenvalue weighted by atomic mass is 16.6. The standard InChI is InChI=1S/C15H12O6/c1-20-14(18)10-6-9-11(15(19)21-10)13(17)8-5-3-2-4-7(8)12(9)16/h2-5,10,15,19H,6H2,1H3/t10-,15-/m0/s1. The number of ether oxygens (including phenoxy) is 2. The predicted molar refractivity (Wildman–Crippen MR) is 69.6 cm³/mol. The van der Waals surface area contributed by atoms with E-state index in [0.717, 1.165) is 0 Å². The average molecular weight is 288 g/mol. The number of methoxy groups -OCH3 is 1. The van der Waals surface area contributed by atoms with Crippen LogP contribution in [0.4, 0.5) is 0 Å². The normalized spacial score (nSPS) is 24.5. The molecular weight excluding hydrogens is 276 g/mol. The summed E-state index contributed by atoms with van der Waals surface area (Å²) in [5.41, 5.74) is 0.547. The van der Waals surface area contributed by atoms with Gasteiger partial charge in [-0.25, -0.2) is 4.79 Å². The zero-order valence-corrected chi connectivity index (χ0v) is 11.2. The summed E-state index contributed by atoms with van der Waals surface area (Å²) in [6.45, 7) is 0. The third kappa shape index (κ3) is 2.00. The maximum atomic E-state index is 12.5. The van der Waals surface area contributed by atoms with E-state index < -0.39 is 24.1 Å². The van der Waals surface area contributed by atoms with Crippen molar-refractivity contribution in [2.45, 2.75) is 18.8 Å². The van der Waals surface area contributed by atoms with E-state index in [9.17, 15) is 19.5 Å². The Bertz CT molecular complexity index is 687. The summed E-state index contributed by atoms with van der Waals surface area (Å²) in [5, 5.41) is 9.97. The number of esters is 1. The first kappa shape index (κ1) is 13.7. The molecule has 2 aliphatic rings. The molecule has 1 heterocycles. The summed E-state index contributed by atoms with van der Waals surface area (Å²) in [6, 6.07) is 6.37. The highest BCUT2D eigenvalue weighted by Crippen LogP contribution is 2.35. The van der Waals surface area contributed by atoms with Crippen LogP contribution >= 0.6 is 0 Å². The van der Waals surface area contributed by atoms with Gasteiger partial charge in [0.25, 0.3) is 0 Å². The number of hydrogen-bond donors (Lipinski definition) is 1. The van der Waals surface area contributed by atoms with E-state index in [1.807, 2.05) is 0 Å². The van der Waals surface area contributed by atoms with Crippen molar-refractivity contribution in [3.63, 3.8) is 0 Å². The number of aliphatic hydroxyl groups is 1. The molecule has 1 aromatic rings. The van der Waals surface area contributed by atoms with Crippen LogP contribution in [0.1, 0.15) is 27.1 Å². The smallest absolute Gasteiger partial charge is 0.335 e. The van der Waals surface area contributed by atoms with Crippen LogP contribution < -0.4 is 0 Å². The molecule has 0 spiro atoms. The van der Waals surface area contributed by atoms with E-state index in [2.05, 4.69) is 4.74 Å². The van der Waals surface area contributed by atoms with Crippen molar-refractivity contribution in [3.8, 4) is 0 Å². The van der Waals surface area contributed by atoms with Crippen molar-refractivity contribution in [2.24, 2.45) is 0 Å². The molecule has 0 aromatic heterocycles. The van der Waals surface area contributed by atoms with E-state index in [4.69, 9.17) is 4.74 Å². The quantitative estimate of drug-likeness (QED) is 0.763. The Labute approximate surface area is 120 Å². The molecule has 0 saturated heterocycles. The fourth-order valence-corrected chi connectivity index (χ4v) is 2.64. The number of carbonyl (C=O) groups excluding carboxylic acids is 3. The number of hydrogen-bond acceptors (Lipinski definition) is 6. The topological polar surface area (TPSA) is 89.9 Å². The highest BCUT2D eigenvalue weighted by Gasteiger charge is 2.42. The van der Waals surface area contributed by atoms with Gasteiger partial charge in [-0.1, -0.05) is 24.3 Å². The Balaban J connectivity index is 2.08. The third-order valence-corrected chi connectivity index (χ3v) is 3.65. The molecule has 0 unspecified atom stereocenters. The van der Waals surface area contributed by atoms with E-state index in [1.54, 1.807) is 18.2 Å². The van der Waals surface area contributed by atoms with Gasteiger partial charge in [-0.3, -0.25) is 9.59 Å². The first-order chi connectivity index (χ1) is 10.0. The zero-order chi connectivity index (χ0) is 15.1. The first-order valence-electron chi connectivity index (χ1n) is 6.37. The molecule has 1 aromatic carbocycles. The Kier molecular flexibility index (Phi) is 3.19. The van der Waals surface area contributed by atoms with Crippen LogP contribution in [0.3, 0.4) is 0 Å². The molecule has 0 amide bonds. The number of rotatable bonds is 1. The fourth-order valence-electron chi connectivity index (χ4n) is 2.64. The second kappa shape index (κ2) is 4.91. The van der Waals surface area contributed by atoms with Crippen LogP contribution in [0.15, 0.2) is 35.4 Å².